The zero-order valence-corrected chi connectivity index (χ0v) is 12.4. The minimum absolute atomic E-state index is 0.212. The number of carbonyl (C=O) groups excluding carboxylic acids is 1. The zero-order chi connectivity index (χ0) is 15.2. The van der Waals surface area contributed by atoms with Gasteiger partial charge in [-0.2, -0.15) is 10.2 Å². The van der Waals surface area contributed by atoms with Crippen LogP contribution < -0.4 is 5.32 Å². The van der Waals surface area contributed by atoms with E-state index in [4.69, 9.17) is 4.74 Å². The summed E-state index contributed by atoms with van der Waals surface area (Å²) < 4.78 is 8.42. The molecule has 2 aromatic rings. The lowest BCUT2D eigenvalue weighted by molar-refractivity contribution is -0.111. The standard InChI is InChI=1S/C14H19N5O2/c1-4-19-11(2)12(7-16-19)5-6-14(20)17-13-8-15-18(9-13)10-21-3/h5-9H,4,10H2,1-3H3,(H,17,20)/b6-5+. The number of rotatable bonds is 6. The first-order valence-corrected chi connectivity index (χ1v) is 6.67. The van der Waals surface area contributed by atoms with Crippen molar-refractivity contribution in [2.75, 3.05) is 12.4 Å². The summed E-state index contributed by atoms with van der Waals surface area (Å²) in [5, 5.41) is 11.0. The lowest BCUT2D eigenvalue weighted by Gasteiger charge is -1.99. The molecule has 0 aromatic carbocycles. The van der Waals surface area contributed by atoms with E-state index in [1.165, 1.54) is 6.08 Å². The molecular weight excluding hydrogens is 270 g/mol. The number of nitrogens with zero attached hydrogens (tertiary/aromatic N) is 4. The number of hydrogen-bond acceptors (Lipinski definition) is 4. The van der Waals surface area contributed by atoms with E-state index in [9.17, 15) is 4.79 Å². The summed E-state index contributed by atoms with van der Waals surface area (Å²) in [5.74, 6) is -0.212. The Bertz CT molecular complexity index is 642. The normalized spacial score (nSPS) is 11.2. The van der Waals surface area contributed by atoms with Gasteiger partial charge in [-0.25, -0.2) is 4.68 Å². The molecule has 7 nitrogen and oxygen atoms in total. The van der Waals surface area contributed by atoms with E-state index in [0.29, 0.717) is 12.4 Å². The molecule has 0 bridgehead atoms. The fourth-order valence-corrected chi connectivity index (χ4v) is 1.92. The van der Waals surface area contributed by atoms with Crippen LogP contribution in [0.4, 0.5) is 5.69 Å². The lowest BCUT2D eigenvalue weighted by Crippen LogP contribution is -2.07. The first-order valence-electron chi connectivity index (χ1n) is 6.67. The van der Waals surface area contributed by atoms with Crippen LogP contribution >= 0.6 is 0 Å². The monoisotopic (exact) mass is 289 g/mol. The molecule has 2 rings (SSSR count). The Morgan fingerprint density at radius 2 is 2.24 bits per heavy atom. The van der Waals surface area contributed by atoms with Gasteiger partial charge < -0.3 is 10.1 Å². The van der Waals surface area contributed by atoms with Crippen LogP contribution in [0.5, 0.6) is 0 Å². The summed E-state index contributed by atoms with van der Waals surface area (Å²) in [4.78, 5) is 11.8. The molecule has 0 radical (unpaired) electrons. The van der Waals surface area contributed by atoms with Gasteiger partial charge in [-0.3, -0.25) is 9.48 Å². The molecule has 0 saturated heterocycles. The van der Waals surface area contributed by atoms with Crippen molar-refractivity contribution in [3.63, 3.8) is 0 Å². The number of aromatic nitrogens is 4. The van der Waals surface area contributed by atoms with Crippen LogP contribution in [0.3, 0.4) is 0 Å². The summed E-state index contributed by atoms with van der Waals surface area (Å²) >= 11 is 0. The molecule has 7 heteroatoms. The van der Waals surface area contributed by atoms with Crippen molar-refractivity contribution in [1.29, 1.82) is 0 Å². The number of hydrogen-bond donors (Lipinski definition) is 1. The summed E-state index contributed by atoms with van der Waals surface area (Å²) in [7, 11) is 1.58. The van der Waals surface area contributed by atoms with Crippen molar-refractivity contribution in [1.82, 2.24) is 19.6 Å². The quantitative estimate of drug-likeness (QED) is 0.821. The highest BCUT2D eigenvalue weighted by Gasteiger charge is 2.04. The second kappa shape index (κ2) is 6.85. The fourth-order valence-electron chi connectivity index (χ4n) is 1.92. The van der Waals surface area contributed by atoms with E-state index in [1.54, 1.807) is 36.5 Å². The largest absolute Gasteiger partial charge is 0.362 e. The Morgan fingerprint density at radius 1 is 1.43 bits per heavy atom. The molecule has 0 aliphatic rings. The van der Waals surface area contributed by atoms with Crippen molar-refractivity contribution < 1.29 is 9.53 Å². The molecule has 0 unspecified atom stereocenters. The number of methoxy groups -OCH3 is 1. The first-order chi connectivity index (χ1) is 10.1. The molecule has 112 valence electrons. The second-order valence-corrected chi connectivity index (χ2v) is 4.51. The number of ether oxygens (including phenoxy) is 1. The van der Waals surface area contributed by atoms with Crippen LogP contribution in [0.2, 0.25) is 0 Å². The predicted octanol–water partition coefficient (Wildman–Crippen LogP) is 1.66. The SMILES string of the molecule is CCn1ncc(/C=C/C(=O)Nc2cnn(COC)c2)c1C. The third-order valence-electron chi connectivity index (χ3n) is 3.02. The number of aryl methyl sites for hydroxylation is 1. The third kappa shape index (κ3) is 3.79. The van der Waals surface area contributed by atoms with E-state index < -0.39 is 0 Å². The molecule has 21 heavy (non-hydrogen) atoms. The smallest absolute Gasteiger partial charge is 0.248 e. The topological polar surface area (TPSA) is 74.0 Å². The van der Waals surface area contributed by atoms with E-state index >= 15 is 0 Å². The Labute approximate surface area is 123 Å². The van der Waals surface area contributed by atoms with Gasteiger partial charge in [-0.05, 0) is 19.9 Å². The maximum Gasteiger partial charge on any atom is 0.248 e. The Balaban J connectivity index is 1.97. The highest BCUT2D eigenvalue weighted by Crippen LogP contribution is 2.10. The minimum Gasteiger partial charge on any atom is -0.362 e. The van der Waals surface area contributed by atoms with Gasteiger partial charge >= 0.3 is 0 Å². The van der Waals surface area contributed by atoms with Crippen LogP contribution in [0, 0.1) is 6.92 Å². The highest BCUT2D eigenvalue weighted by atomic mass is 16.5. The molecule has 0 aliphatic heterocycles. The van der Waals surface area contributed by atoms with Crippen LogP contribution in [-0.4, -0.2) is 32.6 Å². The predicted molar refractivity (Wildman–Crippen MR) is 79.5 cm³/mol. The summed E-state index contributed by atoms with van der Waals surface area (Å²) in [6.45, 7) is 5.16. The molecule has 1 amide bonds. The van der Waals surface area contributed by atoms with Gasteiger partial charge in [-0.15, -0.1) is 0 Å². The van der Waals surface area contributed by atoms with E-state index in [0.717, 1.165) is 17.8 Å². The van der Waals surface area contributed by atoms with Crippen LogP contribution in [0.25, 0.3) is 6.08 Å². The molecule has 1 N–H and O–H groups in total. The number of amides is 1. The molecule has 2 heterocycles. The highest BCUT2D eigenvalue weighted by molar-refractivity contribution is 6.01. The maximum atomic E-state index is 11.8. The van der Waals surface area contributed by atoms with Gasteiger partial charge in [0.1, 0.15) is 6.73 Å². The van der Waals surface area contributed by atoms with Crippen molar-refractivity contribution >= 4 is 17.7 Å². The molecule has 0 atom stereocenters. The number of nitrogens with one attached hydrogen (secondary N) is 1. The van der Waals surface area contributed by atoms with Crippen LogP contribution in [-0.2, 0) is 22.8 Å². The molecular formula is C14H19N5O2. The Hall–Kier alpha value is -2.41. The molecule has 0 fully saturated rings. The van der Waals surface area contributed by atoms with Crippen molar-refractivity contribution in [3.8, 4) is 0 Å². The van der Waals surface area contributed by atoms with Gasteiger partial charge in [0.05, 0.1) is 24.3 Å². The summed E-state index contributed by atoms with van der Waals surface area (Å²) in [5.41, 5.74) is 2.60. The number of anilines is 1. The number of carbonyl (C=O) groups is 1. The Kier molecular flexibility index (Phi) is 4.89. The van der Waals surface area contributed by atoms with E-state index in [-0.39, 0.29) is 5.91 Å². The van der Waals surface area contributed by atoms with Crippen molar-refractivity contribution in [2.45, 2.75) is 27.1 Å². The van der Waals surface area contributed by atoms with Crippen molar-refractivity contribution in [3.05, 3.63) is 35.9 Å². The summed E-state index contributed by atoms with van der Waals surface area (Å²) in [6.07, 6.45) is 8.26. The minimum atomic E-state index is -0.212. The zero-order valence-electron chi connectivity index (χ0n) is 12.4. The average molecular weight is 289 g/mol. The molecule has 2 aromatic heterocycles. The lowest BCUT2D eigenvalue weighted by atomic mass is 10.2. The van der Waals surface area contributed by atoms with Gasteiger partial charge in [-0.1, -0.05) is 0 Å². The maximum absolute atomic E-state index is 11.8. The van der Waals surface area contributed by atoms with E-state index in [2.05, 4.69) is 15.5 Å². The fraction of sp³-hybridized carbons (Fsp3) is 0.357. The van der Waals surface area contributed by atoms with Crippen LogP contribution in [0.1, 0.15) is 18.2 Å². The molecule has 0 saturated carbocycles. The second-order valence-electron chi connectivity index (χ2n) is 4.51. The van der Waals surface area contributed by atoms with Crippen LogP contribution in [0.15, 0.2) is 24.7 Å². The van der Waals surface area contributed by atoms with Crippen molar-refractivity contribution in [2.24, 2.45) is 0 Å². The van der Waals surface area contributed by atoms with Gasteiger partial charge in [0, 0.05) is 31.0 Å². The van der Waals surface area contributed by atoms with Gasteiger partial charge in [0.2, 0.25) is 5.91 Å². The Morgan fingerprint density at radius 3 is 2.90 bits per heavy atom. The average Bonchev–Trinajstić information content (AvgIpc) is 3.04. The third-order valence-corrected chi connectivity index (χ3v) is 3.02. The molecule has 0 spiro atoms. The van der Waals surface area contributed by atoms with Gasteiger partial charge in [0.15, 0.2) is 0 Å². The summed E-state index contributed by atoms with van der Waals surface area (Å²) in [6, 6.07) is 0. The van der Waals surface area contributed by atoms with E-state index in [1.807, 2.05) is 18.5 Å². The molecule has 0 aliphatic carbocycles. The first kappa shape index (κ1) is 15.0. The van der Waals surface area contributed by atoms with Gasteiger partial charge in [0.25, 0.3) is 0 Å².